The zero-order valence-corrected chi connectivity index (χ0v) is 24.0. The SMILES string of the molecule is CCCc1ccc(CCCCCCCCC(=O)N(CCOP(=O)(O)O)Cc2ccc(OC)c(OC)c2)cc1. The lowest BCUT2D eigenvalue weighted by Crippen LogP contribution is -2.33. The van der Waals surface area contributed by atoms with Crippen LogP contribution in [0, 0.1) is 0 Å². The summed E-state index contributed by atoms with van der Waals surface area (Å²) in [6, 6.07) is 14.4. The monoisotopic (exact) mass is 549 g/mol. The van der Waals surface area contributed by atoms with Crippen LogP contribution < -0.4 is 9.47 Å². The molecule has 0 aliphatic rings. The van der Waals surface area contributed by atoms with Crippen LogP contribution in [0.3, 0.4) is 0 Å². The minimum absolute atomic E-state index is 0.0689. The summed E-state index contributed by atoms with van der Waals surface area (Å²) < 4.78 is 26.3. The smallest absolute Gasteiger partial charge is 0.469 e. The van der Waals surface area contributed by atoms with Gasteiger partial charge in [-0.3, -0.25) is 9.32 Å². The van der Waals surface area contributed by atoms with E-state index in [-0.39, 0.29) is 25.6 Å². The topological polar surface area (TPSA) is 106 Å². The lowest BCUT2D eigenvalue weighted by molar-refractivity contribution is -0.132. The van der Waals surface area contributed by atoms with Crippen molar-refractivity contribution < 1.29 is 33.1 Å². The molecule has 0 fully saturated rings. The molecule has 0 unspecified atom stereocenters. The van der Waals surface area contributed by atoms with Gasteiger partial charge in [-0.05, 0) is 54.5 Å². The second-order valence-electron chi connectivity index (χ2n) is 9.52. The molecular formula is C29H44NO7P. The molecule has 2 rings (SSSR count). The quantitative estimate of drug-likeness (QED) is 0.162. The predicted octanol–water partition coefficient (Wildman–Crippen LogP) is 6.07. The van der Waals surface area contributed by atoms with E-state index in [9.17, 15) is 9.36 Å². The van der Waals surface area contributed by atoms with Gasteiger partial charge in [0.2, 0.25) is 5.91 Å². The summed E-state index contributed by atoms with van der Waals surface area (Å²) in [7, 11) is -1.50. The van der Waals surface area contributed by atoms with E-state index in [1.807, 2.05) is 6.07 Å². The first kappa shape index (κ1) is 31.8. The van der Waals surface area contributed by atoms with Crippen LogP contribution >= 0.6 is 7.82 Å². The maximum Gasteiger partial charge on any atom is 0.469 e. The summed E-state index contributed by atoms with van der Waals surface area (Å²) in [6.07, 6.45) is 10.1. The molecule has 212 valence electrons. The zero-order valence-electron chi connectivity index (χ0n) is 23.1. The number of carbonyl (C=O) groups is 1. The molecule has 1 amide bonds. The number of hydrogen-bond acceptors (Lipinski definition) is 5. The number of phosphoric ester groups is 1. The van der Waals surface area contributed by atoms with Crippen molar-refractivity contribution in [1.29, 1.82) is 0 Å². The highest BCUT2D eigenvalue weighted by Crippen LogP contribution is 2.35. The Morgan fingerprint density at radius 2 is 1.39 bits per heavy atom. The summed E-state index contributed by atoms with van der Waals surface area (Å²) in [4.78, 5) is 32.5. The van der Waals surface area contributed by atoms with Gasteiger partial charge in [0.05, 0.1) is 20.8 Å². The number of benzene rings is 2. The van der Waals surface area contributed by atoms with Crippen LogP contribution in [-0.2, 0) is 33.3 Å². The second-order valence-corrected chi connectivity index (χ2v) is 10.8. The van der Waals surface area contributed by atoms with Crippen molar-refractivity contribution in [3.8, 4) is 11.5 Å². The number of hydrogen-bond donors (Lipinski definition) is 2. The van der Waals surface area contributed by atoms with Crippen LogP contribution in [0.5, 0.6) is 11.5 Å². The van der Waals surface area contributed by atoms with E-state index in [1.54, 1.807) is 31.3 Å². The summed E-state index contributed by atoms with van der Waals surface area (Å²) in [5, 5.41) is 0. The molecule has 0 aromatic heterocycles. The molecule has 38 heavy (non-hydrogen) atoms. The number of phosphoric acid groups is 1. The number of carbonyl (C=O) groups excluding carboxylic acids is 1. The Labute approximate surface area is 227 Å². The third-order valence-corrected chi connectivity index (χ3v) is 6.98. The fourth-order valence-electron chi connectivity index (χ4n) is 4.39. The minimum Gasteiger partial charge on any atom is -0.493 e. The average Bonchev–Trinajstić information content (AvgIpc) is 2.89. The van der Waals surface area contributed by atoms with Gasteiger partial charge in [0, 0.05) is 19.5 Å². The highest BCUT2D eigenvalue weighted by Gasteiger charge is 2.18. The molecule has 0 saturated heterocycles. The van der Waals surface area contributed by atoms with Crippen molar-refractivity contribution >= 4 is 13.7 Å². The second kappa shape index (κ2) is 17.3. The largest absolute Gasteiger partial charge is 0.493 e. The summed E-state index contributed by atoms with van der Waals surface area (Å²) in [5.74, 6) is 1.07. The van der Waals surface area contributed by atoms with Gasteiger partial charge in [-0.25, -0.2) is 4.57 Å². The number of amides is 1. The number of methoxy groups -OCH3 is 2. The molecule has 2 N–H and O–H groups in total. The van der Waals surface area contributed by atoms with Gasteiger partial charge in [0.25, 0.3) is 0 Å². The molecule has 8 nitrogen and oxygen atoms in total. The molecule has 0 radical (unpaired) electrons. The minimum atomic E-state index is -4.60. The van der Waals surface area contributed by atoms with Gasteiger partial charge in [-0.2, -0.15) is 0 Å². The van der Waals surface area contributed by atoms with Crippen LogP contribution in [0.4, 0.5) is 0 Å². The van der Waals surface area contributed by atoms with Crippen molar-refractivity contribution in [2.45, 2.75) is 77.7 Å². The third kappa shape index (κ3) is 12.4. The van der Waals surface area contributed by atoms with Gasteiger partial charge < -0.3 is 24.2 Å². The fourth-order valence-corrected chi connectivity index (χ4v) is 4.71. The van der Waals surface area contributed by atoms with Crippen molar-refractivity contribution in [3.05, 3.63) is 59.2 Å². The Hall–Kier alpha value is -2.38. The van der Waals surface area contributed by atoms with Crippen LogP contribution in [-0.4, -0.2) is 48.0 Å². The molecule has 2 aromatic carbocycles. The first-order chi connectivity index (χ1) is 18.3. The first-order valence-corrected chi connectivity index (χ1v) is 15.0. The Balaban J connectivity index is 1.75. The normalized spacial score (nSPS) is 11.4. The van der Waals surface area contributed by atoms with Crippen LogP contribution in [0.2, 0.25) is 0 Å². The van der Waals surface area contributed by atoms with E-state index in [0.29, 0.717) is 17.9 Å². The summed E-state index contributed by atoms with van der Waals surface area (Å²) in [5.41, 5.74) is 3.63. The standard InChI is InChI=1S/C29H44NO7P/c1-4-11-24-14-16-25(17-15-24)12-9-7-5-6-8-10-13-29(31)30(20-21-37-38(32,33)34)23-26-18-19-27(35-2)28(22-26)36-3/h14-19,22H,4-13,20-21,23H2,1-3H3,(H2,32,33,34). The fraction of sp³-hybridized carbons (Fsp3) is 0.552. The Kier molecular flexibility index (Phi) is 14.5. The van der Waals surface area contributed by atoms with Crippen LogP contribution in [0.15, 0.2) is 42.5 Å². The Bertz CT molecular complexity index is 1010. The van der Waals surface area contributed by atoms with E-state index < -0.39 is 7.82 Å². The Morgan fingerprint density at radius 1 is 0.816 bits per heavy atom. The molecular weight excluding hydrogens is 505 g/mol. The van der Waals surface area contributed by atoms with Gasteiger partial charge in [0.1, 0.15) is 0 Å². The number of rotatable bonds is 19. The summed E-state index contributed by atoms with van der Waals surface area (Å²) >= 11 is 0. The van der Waals surface area contributed by atoms with Crippen molar-refractivity contribution in [3.63, 3.8) is 0 Å². The molecule has 0 heterocycles. The lowest BCUT2D eigenvalue weighted by atomic mass is 10.0. The first-order valence-electron chi connectivity index (χ1n) is 13.5. The molecule has 0 spiro atoms. The van der Waals surface area contributed by atoms with Gasteiger partial charge in [-0.15, -0.1) is 0 Å². The molecule has 0 aliphatic carbocycles. The van der Waals surface area contributed by atoms with Gasteiger partial charge in [-0.1, -0.05) is 69.4 Å². The highest BCUT2D eigenvalue weighted by molar-refractivity contribution is 7.46. The Morgan fingerprint density at radius 3 is 2.00 bits per heavy atom. The third-order valence-electron chi connectivity index (χ3n) is 6.46. The van der Waals surface area contributed by atoms with Crippen molar-refractivity contribution in [2.75, 3.05) is 27.4 Å². The summed E-state index contributed by atoms with van der Waals surface area (Å²) in [6.45, 7) is 2.32. The lowest BCUT2D eigenvalue weighted by Gasteiger charge is -2.23. The number of nitrogens with zero attached hydrogens (tertiary/aromatic N) is 1. The molecule has 0 aliphatic heterocycles. The highest BCUT2D eigenvalue weighted by atomic mass is 31.2. The molecule has 0 atom stereocenters. The molecule has 9 heteroatoms. The molecule has 0 saturated carbocycles. The van der Waals surface area contributed by atoms with E-state index in [4.69, 9.17) is 19.3 Å². The van der Waals surface area contributed by atoms with Gasteiger partial charge >= 0.3 is 7.82 Å². The average molecular weight is 550 g/mol. The number of ether oxygens (including phenoxy) is 2. The number of unbranched alkanes of at least 4 members (excludes halogenated alkanes) is 5. The molecule has 2 aromatic rings. The van der Waals surface area contributed by atoms with Gasteiger partial charge in [0.15, 0.2) is 11.5 Å². The maximum absolute atomic E-state index is 13.0. The van der Waals surface area contributed by atoms with E-state index in [2.05, 4.69) is 35.7 Å². The van der Waals surface area contributed by atoms with Crippen LogP contribution in [0.25, 0.3) is 0 Å². The molecule has 0 bridgehead atoms. The maximum atomic E-state index is 13.0. The van der Waals surface area contributed by atoms with Crippen molar-refractivity contribution in [2.24, 2.45) is 0 Å². The van der Waals surface area contributed by atoms with Crippen LogP contribution in [0.1, 0.15) is 75.0 Å². The van der Waals surface area contributed by atoms with Crippen molar-refractivity contribution in [1.82, 2.24) is 4.90 Å². The zero-order chi connectivity index (χ0) is 27.8. The number of aryl methyl sites for hydroxylation is 2. The van der Waals surface area contributed by atoms with E-state index in [1.165, 1.54) is 30.4 Å². The predicted molar refractivity (Wildman–Crippen MR) is 149 cm³/mol. The van der Waals surface area contributed by atoms with E-state index >= 15 is 0 Å². The van der Waals surface area contributed by atoms with E-state index in [0.717, 1.165) is 44.1 Å².